The van der Waals surface area contributed by atoms with Crippen molar-refractivity contribution in [2.45, 2.75) is 0 Å². The van der Waals surface area contributed by atoms with Crippen LogP contribution in [0.2, 0.25) is 0 Å². The van der Waals surface area contributed by atoms with Gasteiger partial charge in [0, 0.05) is 11.8 Å². The highest BCUT2D eigenvalue weighted by atomic mass is 79.9. The summed E-state index contributed by atoms with van der Waals surface area (Å²) in [7, 11) is 0. The van der Waals surface area contributed by atoms with E-state index in [1.165, 1.54) is 18.3 Å². The second kappa shape index (κ2) is 4.68. The minimum absolute atomic E-state index is 0.0656. The Bertz CT molecular complexity index is 814. The average Bonchev–Trinajstić information content (AvgIpc) is 2.82. The van der Waals surface area contributed by atoms with Crippen molar-refractivity contribution >= 4 is 33.1 Å². The van der Waals surface area contributed by atoms with E-state index >= 15 is 0 Å². The highest BCUT2D eigenvalue weighted by Crippen LogP contribution is 2.26. The van der Waals surface area contributed by atoms with E-state index in [1.807, 2.05) is 0 Å². The van der Waals surface area contributed by atoms with Crippen molar-refractivity contribution in [2.24, 2.45) is 0 Å². The van der Waals surface area contributed by atoms with E-state index < -0.39 is 5.97 Å². The number of aromatic nitrogens is 3. The molecule has 0 atom stereocenters. The van der Waals surface area contributed by atoms with Gasteiger partial charge >= 0.3 is 5.97 Å². The van der Waals surface area contributed by atoms with Gasteiger partial charge in [-0.2, -0.15) is 0 Å². The van der Waals surface area contributed by atoms with Crippen LogP contribution in [0, 0.1) is 5.82 Å². The average molecular weight is 336 g/mol. The van der Waals surface area contributed by atoms with Crippen molar-refractivity contribution in [3.63, 3.8) is 0 Å². The molecule has 3 rings (SSSR count). The fourth-order valence-corrected chi connectivity index (χ4v) is 2.36. The van der Waals surface area contributed by atoms with E-state index in [4.69, 9.17) is 0 Å². The quantitative estimate of drug-likeness (QED) is 0.753. The van der Waals surface area contributed by atoms with Gasteiger partial charge in [0.15, 0.2) is 5.65 Å². The van der Waals surface area contributed by atoms with Gasteiger partial charge < -0.3 is 10.1 Å². The number of H-pyrrole nitrogens is 1. The Morgan fingerprint density at radius 1 is 1.30 bits per heavy atom. The maximum atomic E-state index is 12.9. The summed E-state index contributed by atoms with van der Waals surface area (Å²) in [5.74, 6) is -0.997. The zero-order chi connectivity index (χ0) is 14.3. The molecule has 0 fully saturated rings. The predicted octanol–water partition coefficient (Wildman–Crippen LogP) is 3.22. The van der Waals surface area contributed by atoms with Crippen molar-refractivity contribution in [2.75, 3.05) is 0 Å². The smallest absolute Gasteiger partial charge is 0.339 e. The molecule has 100 valence electrons. The van der Waals surface area contributed by atoms with Gasteiger partial charge in [0.05, 0.1) is 4.47 Å². The monoisotopic (exact) mass is 335 g/mol. The Morgan fingerprint density at radius 3 is 2.65 bits per heavy atom. The van der Waals surface area contributed by atoms with Gasteiger partial charge in [-0.3, -0.25) is 0 Å². The third-order valence-electron chi connectivity index (χ3n) is 2.81. The van der Waals surface area contributed by atoms with Crippen molar-refractivity contribution in [3.05, 3.63) is 46.3 Å². The maximum absolute atomic E-state index is 12.9. The first-order valence-corrected chi connectivity index (χ1v) is 6.39. The fourth-order valence-electron chi connectivity index (χ4n) is 1.89. The fraction of sp³-hybridized carbons (Fsp3) is 0. The first-order chi connectivity index (χ1) is 9.56. The molecule has 2 N–H and O–H groups in total. The molecule has 0 spiro atoms. The molecule has 0 unspecified atom stereocenters. The van der Waals surface area contributed by atoms with Crippen LogP contribution in [0.25, 0.3) is 22.6 Å². The molecule has 7 heteroatoms. The molecule has 0 aliphatic carbocycles. The van der Waals surface area contributed by atoms with Crippen molar-refractivity contribution in [3.8, 4) is 11.4 Å². The third-order valence-corrected chi connectivity index (χ3v) is 3.41. The molecule has 0 saturated carbocycles. The van der Waals surface area contributed by atoms with E-state index in [-0.39, 0.29) is 11.4 Å². The molecule has 0 aliphatic rings. The van der Waals surface area contributed by atoms with Gasteiger partial charge in [0.25, 0.3) is 0 Å². The number of nitrogens with zero attached hydrogens (tertiary/aromatic N) is 2. The Labute approximate surface area is 120 Å². The van der Waals surface area contributed by atoms with Crippen LogP contribution < -0.4 is 0 Å². The second-order valence-corrected chi connectivity index (χ2v) is 4.93. The summed E-state index contributed by atoms with van der Waals surface area (Å²) >= 11 is 3.15. The molecule has 0 amide bonds. The lowest BCUT2D eigenvalue weighted by atomic mass is 10.2. The first-order valence-electron chi connectivity index (χ1n) is 5.59. The number of nitrogens with one attached hydrogen (secondary N) is 1. The van der Waals surface area contributed by atoms with E-state index in [0.29, 0.717) is 27.0 Å². The Kier molecular flexibility index (Phi) is 2.98. The van der Waals surface area contributed by atoms with Gasteiger partial charge in [0.2, 0.25) is 0 Å². The highest BCUT2D eigenvalue weighted by molar-refractivity contribution is 9.10. The van der Waals surface area contributed by atoms with Crippen molar-refractivity contribution in [1.29, 1.82) is 0 Å². The Morgan fingerprint density at radius 2 is 2.00 bits per heavy atom. The normalized spacial score (nSPS) is 10.9. The van der Waals surface area contributed by atoms with E-state index in [1.54, 1.807) is 12.1 Å². The van der Waals surface area contributed by atoms with E-state index in [2.05, 4.69) is 30.9 Å². The number of benzene rings is 1. The number of rotatable bonds is 2. The second-order valence-electron chi connectivity index (χ2n) is 4.08. The molecule has 0 saturated heterocycles. The Balaban J connectivity index is 2.23. The zero-order valence-electron chi connectivity index (χ0n) is 9.89. The molecule has 3 aromatic rings. The summed E-state index contributed by atoms with van der Waals surface area (Å²) in [5, 5.41) is 9.22. The topological polar surface area (TPSA) is 78.9 Å². The lowest BCUT2D eigenvalue weighted by Gasteiger charge is -1.98. The summed E-state index contributed by atoms with van der Waals surface area (Å²) in [6.07, 6.45) is 1.39. The van der Waals surface area contributed by atoms with Crippen molar-refractivity contribution < 1.29 is 14.3 Å². The lowest BCUT2D eigenvalue weighted by molar-refractivity contribution is 0.0698. The number of aromatic carboxylic acids is 1. The number of carboxylic acids is 1. The van der Waals surface area contributed by atoms with Crippen LogP contribution in [-0.2, 0) is 0 Å². The molecule has 2 aromatic heterocycles. The summed E-state index contributed by atoms with van der Waals surface area (Å²) in [6, 6.07) is 5.74. The number of fused-ring (bicyclic) bond motifs is 1. The summed E-state index contributed by atoms with van der Waals surface area (Å²) in [5.41, 5.74) is 1.34. The molecule has 0 aliphatic heterocycles. The van der Waals surface area contributed by atoms with Gasteiger partial charge in [0.1, 0.15) is 22.7 Å². The van der Waals surface area contributed by atoms with Gasteiger partial charge in [-0.15, -0.1) is 0 Å². The number of carboxylic acid groups (broad SMARTS) is 1. The largest absolute Gasteiger partial charge is 0.478 e. The number of hydrogen-bond donors (Lipinski definition) is 2. The van der Waals surface area contributed by atoms with Crippen molar-refractivity contribution in [1.82, 2.24) is 15.0 Å². The number of aromatic amines is 1. The number of carbonyl (C=O) groups is 1. The molecule has 0 bridgehead atoms. The third kappa shape index (κ3) is 2.05. The molecule has 1 aromatic carbocycles. The molecule has 0 radical (unpaired) electrons. The SMILES string of the molecule is O=C(O)c1c(Br)cnc2nc(-c3ccc(F)cc3)[nH]c12. The van der Waals surface area contributed by atoms with E-state index in [0.717, 1.165) is 0 Å². The zero-order valence-corrected chi connectivity index (χ0v) is 11.5. The number of halogens is 2. The standard InChI is InChI=1S/C13H7BrFN3O2/c14-8-5-16-12-10(9(8)13(19)20)17-11(18-12)6-1-3-7(15)4-2-6/h1-5H,(H,19,20)(H,16,17,18). The van der Waals surface area contributed by atoms with Gasteiger partial charge in [-0.25, -0.2) is 19.2 Å². The van der Waals surface area contributed by atoms with Crippen LogP contribution in [0.15, 0.2) is 34.9 Å². The number of pyridine rings is 1. The first kappa shape index (κ1) is 12.7. The summed E-state index contributed by atoms with van der Waals surface area (Å²) in [4.78, 5) is 22.5. The maximum Gasteiger partial charge on any atom is 0.339 e. The van der Waals surface area contributed by atoms with Gasteiger partial charge in [-0.05, 0) is 40.2 Å². The number of imidazole rings is 1. The van der Waals surface area contributed by atoms with Crippen LogP contribution in [0.4, 0.5) is 4.39 Å². The van der Waals surface area contributed by atoms with Crippen LogP contribution in [0.1, 0.15) is 10.4 Å². The van der Waals surface area contributed by atoms with Crippen LogP contribution in [0.5, 0.6) is 0 Å². The van der Waals surface area contributed by atoms with E-state index in [9.17, 15) is 14.3 Å². The molecular formula is C13H7BrFN3O2. The number of hydrogen-bond acceptors (Lipinski definition) is 3. The minimum Gasteiger partial charge on any atom is -0.478 e. The molecule has 5 nitrogen and oxygen atoms in total. The van der Waals surface area contributed by atoms with Crippen LogP contribution in [-0.4, -0.2) is 26.0 Å². The minimum atomic E-state index is -1.08. The summed E-state index contributed by atoms with van der Waals surface area (Å²) < 4.78 is 13.3. The van der Waals surface area contributed by atoms with Crippen LogP contribution in [0.3, 0.4) is 0 Å². The highest BCUT2D eigenvalue weighted by Gasteiger charge is 2.17. The summed E-state index contributed by atoms with van der Waals surface area (Å²) in [6.45, 7) is 0. The molecule has 2 heterocycles. The predicted molar refractivity (Wildman–Crippen MR) is 73.9 cm³/mol. The molecule has 20 heavy (non-hydrogen) atoms. The van der Waals surface area contributed by atoms with Crippen LogP contribution >= 0.6 is 15.9 Å². The lowest BCUT2D eigenvalue weighted by Crippen LogP contribution is -2.00. The van der Waals surface area contributed by atoms with Gasteiger partial charge in [-0.1, -0.05) is 0 Å². The molecular weight excluding hydrogens is 329 g/mol. The Hall–Kier alpha value is -2.28.